The average Bonchev–Trinajstić information content (AvgIpc) is 3.04. The number of hydrogen-bond donors (Lipinski definition) is 1. The number of amides is 1. The van der Waals surface area contributed by atoms with Gasteiger partial charge in [0.2, 0.25) is 0 Å². The van der Waals surface area contributed by atoms with E-state index in [2.05, 4.69) is 15.2 Å². The van der Waals surface area contributed by atoms with Crippen LogP contribution in [0.4, 0.5) is 0 Å². The molecule has 1 aromatic rings. The van der Waals surface area contributed by atoms with Crippen molar-refractivity contribution in [1.29, 1.82) is 0 Å². The van der Waals surface area contributed by atoms with Gasteiger partial charge < -0.3 is 10.0 Å². The molecule has 3 heterocycles. The largest absolute Gasteiger partial charge is 0.480 e. The third kappa shape index (κ3) is 2.76. The molecule has 2 aliphatic rings. The third-order valence-electron chi connectivity index (χ3n) is 4.25. The molecule has 1 amide bonds. The lowest BCUT2D eigenvalue weighted by atomic mass is 10.1. The fourth-order valence-electron chi connectivity index (χ4n) is 3.23. The predicted molar refractivity (Wildman–Crippen MR) is 72.8 cm³/mol. The van der Waals surface area contributed by atoms with Crippen molar-refractivity contribution in [1.82, 2.24) is 24.8 Å². The van der Waals surface area contributed by atoms with Crippen LogP contribution in [0.5, 0.6) is 0 Å². The molecule has 2 atom stereocenters. The number of nitrogens with zero attached hydrogens (tertiary/aromatic N) is 5. The summed E-state index contributed by atoms with van der Waals surface area (Å²) in [5, 5.41) is 16.2. The zero-order chi connectivity index (χ0) is 15.0. The van der Waals surface area contributed by atoms with Crippen molar-refractivity contribution in [3.05, 3.63) is 11.9 Å². The van der Waals surface area contributed by atoms with Crippen molar-refractivity contribution < 1.29 is 14.7 Å². The molecule has 0 saturated carbocycles. The van der Waals surface area contributed by atoms with Gasteiger partial charge in [0, 0.05) is 25.2 Å². The maximum atomic E-state index is 12.5. The SMILES string of the molecule is CC1CN2CCCC2CN1C(=O)c1cn(CC(=O)O)nn1. The van der Waals surface area contributed by atoms with Crippen molar-refractivity contribution >= 4 is 11.9 Å². The van der Waals surface area contributed by atoms with Gasteiger partial charge in [-0.1, -0.05) is 5.21 Å². The van der Waals surface area contributed by atoms with Crippen molar-refractivity contribution in [2.45, 2.75) is 38.4 Å². The van der Waals surface area contributed by atoms with Crippen LogP contribution in [0.3, 0.4) is 0 Å². The number of carbonyl (C=O) groups is 2. The van der Waals surface area contributed by atoms with Crippen molar-refractivity contribution in [2.24, 2.45) is 0 Å². The summed E-state index contributed by atoms with van der Waals surface area (Å²) < 4.78 is 1.17. The Labute approximate surface area is 122 Å². The zero-order valence-corrected chi connectivity index (χ0v) is 12.0. The van der Waals surface area contributed by atoms with Crippen molar-refractivity contribution in [3.8, 4) is 0 Å². The average molecular weight is 293 g/mol. The maximum Gasteiger partial charge on any atom is 0.325 e. The molecule has 2 aliphatic heterocycles. The standard InChI is InChI=1S/C13H19N5O3/c1-9-5-16-4-2-3-10(16)6-18(9)13(21)11-7-17(15-14-11)8-12(19)20/h7,9-10H,2-6,8H2,1H3,(H,19,20). The lowest BCUT2D eigenvalue weighted by Crippen LogP contribution is -2.56. The second-order valence-corrected chi connectivity index (χ2v) is 5.79. The minimum absolute atomic E-state index is 0.136. The number of rotatable bonds is 3. The fourth-order valence-corrected chi connectivity index (χ4v) is 3.23. The van der Waals surface area contributed by atoms with Gasteiger partial charge in [-0.15, -0.1) is 5.10 Å². The molecule has 2 saturated heterocycles. The first-order chi connectivity index (χ1) is 10.0. The van der Waals surface area contributed by atoms with Gasteiger partial charge in [0.1, 0.15) is 6.54 Å². The molecule has 2 fully saturated rings. The molecule has 0 aromatic carbocycles. The highest BCUT2D eigenvalue weighted by Gasteiger charge is 2.37. The number of hydrogen-bond acceptors (Lipinski definition) is 5. The molecule has 0 radical (unpaired) electrons. The van der Waals surface area contributed by atoms with E-state index >= 15 is 0 Å². The summed E-state index contributed by atoms with van der Waals surface area (Å²) in [4.78, 5) is 27.5. The van der Waals surface area contributed by atoms with Gasteiger partial charge in [0.25, 0.3) is 5.91 Å². The molecule has 2 unspecified atom stereocenters. The zero-order valence-electron chi connectivity index (χ0n) is 12.0. The predicted octanol–water partition coefficient (Wildman–Crippen LogP) is -0.329. The number of carboxylic acid groups (broad SMARTS) is 1. The summed E-state index contributed by atoms with van der Waals surface area (Å²) >= 11 is 0. The van der Waals surface area contributed by atoms with E-state index in [1.165, 1.54) is 17.3 Å². The molecule has 0 aliphatic carbocycles. The van der Waals surface area contributed by atoms with Gasteiger partial charge in [-0.25, -0.2) is 4.68 Å². The van der Waals surface area contributed by atoms with E-state index in [1.54, 1.807) is 0 Å². The number of piperazine rings is 1. The second kappa shape index (κ2) is 5.44. The first-order valence-electron chi connectivity index (χ1n) is 7.21. The van der Waals surface area contributed by atoms with Gasteiger partial charge in [-0.05, 0) is 26.3 Å². The molecule has 0 spiro atoms. The van der Waals surface area contributed by atoms with Gasteiger partial charge >= 0.3 is 5.97 Å². The molecule has 8 heteroatoms. The first kappa shape index (κ1) is 14.0. The number of aromatic nitrogens is 3. The summed E-state index contributed by atoms with van der Waals surface area (Å²) in [5.74, 6) is -1.17. The van der Waals surface area contributed by atoms with E-state index in [4.69, 9.17) is 5.11 Å². The van der Waals surface area contributed by atoms with Gasteiger partial charge in [-0.2, -0.15) is 0 Å². The number of fused-ring (bicyclic) bond motifs is 1. The van der Waals surface area contributed by atoms with E-state index in [-0.39, 0.29) is 24.2 Å². The Morgan fingerprint density at radius 1 is 1.43 bits per heavy atom. The Morgan fingerprint density at radius 2 is 2.24 bits per heavy atom. The Balaban J connectivity index is 1.72. The molecule has 3 rings (SSSR count). The molecule has 1 aromatic heterocycles. The Morgan fingerprint density at radius 3 is 3.00 bits per heavy atom. The van der Waals surface area contributed by atoms with Crippen LogP contribution in [0, 0.1) is 0 Å². The minimum Gasteiger partial charge on any atom is -0.480 e. The van der Waals surface area contributed by atoms with Crippen LogP contribution in [0.25, 0.3) is 0 Å². The van der Waals surface area contributed by atoms with E-state index in [9.17, 15) is 9.59 Å². The third-order valence-corrected chi connectivity index (χ3v) is 4.25. The summed E-state index contributed by atoms with van der Waals surface area (Å²) in [6.07, 6.45) is 3.72. The monoisotopic (exact) mass is 293 g/mol. The van der Waals surface area contributed by atoms with E-state index in [0.717, 1.165) is 19.5 Å². The molecule has 21 heavy (non-hydrogen) atoms. The normalized spacial score (nSPS) is 25.9. The summed E-state index contributed by atoms with van der Waals surface area (Å²) in [6.45, 7) is 4.47. The van der Waals surface area contributed by atoms with Gasteiger partial charge in [0.15, 0.2) is 5.69 Å². The van der Waals surface area contributed by atoms with Crippen LogP contribution in [0.2, 0.25) is 0 Å². The number of aliphatic carboxylic acids is 1. The molecular weight excluding hydrogens is 274 g/mol. The van der Waals surface area contributed by atoms with E-state index in [0.29, 0.717) is 12.6 Å². The summed E-state index contributed by atoms with van der Waals surface area (Å²) in [7, 11) is 0. The lowest BCUT2D eigenvalue weighted by molar-refractivity contribution is -0.137. The molecule has 114 valence electrons. The van der Waals surface area contributed by atoms with Crippen LogP contribution in [-0.2, 0) is 11.3 Å². The number of carboxylic acids is 1. The second-order valence-electron chi connectivity index (χ2n) is 5.79. The highest BCUT2D eigenvalue weighted by Crippen LogP contribution is 2.25. The van der Waals surface area contributed by atoms with Crippen LogP contribution >= 0.6 is 0 Å². The Kier molecular flexibility index (Phi) is 3.62. The van der Waals surface area contributed by atoms with Crippen LogP contribution in [-0.4, -0.2) is 73.5 Å². The van der Waals surface area contributed by atoms with Crippen LogP contribution in [0.1, 0.15) is 30.3 Å². The van der Waals surface area contributed by atoms with Crippen molar-refractivity contribution in [2.75, 3.05) is 19.6 Å². The summed E-state index contributed by atoms with van der Waals surface area (Å²) in [5.41, 5.74) is 0.217. The van der Waals surface area contributed by atoms with E-state index < -0.39 is 5.97 Å². The maximum absolute atomic E-state index is 12.5. The van der Waals surface area contributed by atoms with Gasteiger partial charge in [-0.3, -0.25) is 14.5 Å². The highest BCUT2D eigenvalue weighted by atomic mass is 16.4. The summed E-state index contributed by atoms with van der Waals surface area (Å²) in [6, 6.07) is 0.579. The van der Waals surface area contributed by atoms with Crippen molar-refractivity contribution in [3.63, 3.8) is 0 Å². The Bertz CT molecular complexity index is 558. The van der Waals surface area contributed by atoms with Gasteiger partial charge in [0.05, 0.1) is 6.20 Å². The minimum atomic E-state index is -1.01. The lowest BCUT2D eigenvalue weighted by Gasteiger charge is -2.41. The first-order valence-corrected chi connectivity index (χ1v) is 7.21. The molecule has 0 bridgehead atoms. The molecule has 8 nitrogen and oxygen atoms in total. The topological polar surface area (TPSA) is 91.6 Å². The fraction of sp³-hybridized carbons (Fsp3) is 0.692. The molecular formula is C13H19N5O3. The van der Waals surface area contributed by atoms with E-state index in [1.807, 2.05) is 11.8 Å². The van der Waals surface area contributed by atoms with Crippen LogP contribution in [0.15, 0.2) is 6.20 Å². The quantitative estimate of drug-likeness (QED) is 0.820. The number of carbonyl (C=O) groups excluding carboxylic acids is 1. The van der Waals surface area contributed by atoms with Crippen LogP contribution < -0.4 is 0 Å². The Hall–Kier alpha value is -1.96. The molecule has 1 N–H and O–H groups in total. The highest BCUT2D eigenvalue weighted by molar-refractivity contribution is 5.92. The smallest absolute Gasteiger partial charge is 0.325 e.